The Morgan fingerprint density at radius 2 is 1.67 bits per heavy atom. The number of piperazine rings is 1. The van der Waals surface area contributed by atoms with Crippen LogP contribution in [-0.2, 0) is 20.9 Å². The van der Waals surface area contributed by atoms with E-state index in [1.807, 2.05) is 60.9 Å². The van der Waals surface area contributed by atoms with Crippen LogP contribution in [0, 0.1) is 23.7 Å². The van der Waals surface area contributed by atoms with Crippen LogP contribution in [-0.4, -0.2) is 129 Å². The highest BCUT2D eigenvalue weighted by molar-refractivity contribution is 6.33. The number of aromatic nitrogens is 3. The van der Waals surface area contributed by atoms with Gasteiger partial charge in [0.1, 0.15) is 22.5 Å². The van der Waals surface area contributed by atoms with Crippen molar-refractivity contribution < 1.29 is 33.5 Å². The molecule has 9 rings (SSSR count). The van der Waals surface area contributed by atoms with Crippen LogP contribution in [0.1, 0.15) is 104 Å². The van der Waals surface area contributed by atoms with Crippen LogP contribution in [0.5, 0.6) is 0 Å². The topological polar surface area (TPSA) is 223 Å². The fraction of sp³-hybridized carbons (Fsp3) is 0.453. The number of urea groups is 1. The lowest BCUT2D eigenvalue weighted by Gasteiger charge is -2.47. The molecule has 7 amide bonds. The van der Waals surface area contributed by atoms with Gasteiger partial charge >= 0.3 is 12.1 Å². The lowest BCUT2D eigenvalue weighted by Crippen LogP contribution is -2.55. The molecule has 3 aliphatic heterocycles. The molecular weight excluding hydrogens is 952 g/mol. The van der Waals surface area contributed by atoms with Gasteiger partial charge in [-0.15, -0.1) is 0 Å². The number of hydrogen-bond acceptors (Lipinski definition) is 13. The molecule has 1 unspecified atom stereocenters. The number of amides is 7. The van der Waals surface area contributed by atoms with Crippen molar-refractivity contribution in [2.75, 3.05) is 55.3 Å². The summed E-state index contributed by atoms with van der Waals surface area (Å²) in [7, 11) is 1.57. The minimum atomic E-state index is -0.669. The maximum atomic E-state index is 13.8. The predicted octanol–water partition coefficient (Wildman–Crippen LogP) is 6.59. The van der Waals surface area contributed by atoms with Crippen molar-refractivity contribution >= 4 is 76.3 Å². The number of hydrogen-bond donors (Lipinski definition) is 5. The number of para-hydroxylation sites is 1. The Balaban J connectivity index is 0.716. The van der Waals surface area contributed by atoms with Crippen LogP contribution in [0.4, 0.5) is 38.5 Å². The highest BCUT2D eigenvalue weighted by atomic mass is 35.5. The fourth-order valence-electron chi connectivity index (χ4n) is 10.1. The van der Waals surface area contributed by atoms with Crippen molar-refractivity contribution in [1.82, 2.24) is 45.6 Å². The van der Waals surface area contributed by atoms with Crippen molar-refractivity contribution in [2.24, 2.45) is 11.8 Å². The lowest BCUT2D eigenvalue weighted by atomic mass is 9.77. The lowest BCUT2D eigenvalue weighted by molar-refractivity contribution is -0.136. The molecule has 1 atom stereocenters. The molecule has 5 N–H and O–H groups in total. The second-order valence-corrected chi connectivity index (χ2v) is 20.7. The number of rotatable bonds is 11. The molecule has 0 spiro atoms. The van der Waals surface area contributed by atoms with E-state index in [9.17, 15) is 28.8 Å². The second-order valence-electron chi connectivity index (χ2n) is 20.3. The first-order valence-electron chi connectivity index (χ1n) is 25.0. The van der Waals surface area contributed by atoms with Crippen molar-refractivity contribution in [3.63, 3.8) is 0 Å². The van der Waals surface area contributed by atoms with E-state index in [0.29, 0.717) is 85.9 Å². The Bertz CT molecular complexity index is 2830. The molecule has 5 aliphatic rings. The van der Waals surface area contributed by atoms with Gasteiger partial charge in [-0.3, -0.25) is 24.5 Å². The summed E-state index contributed by atoms with van der Waals surface area (Å²) < 4.78 is 5.94. The van der Waals surface area contributed by atoms with Gasteiger partial charge in [-0.2, -0.15) is 4.98 Å². The van der Waals surface area contributed by atoms with Gasteiger partial charge in [-0.1, -0.05) is 35.6 Å². The molecule has 2 aromatic carbocycles. The first kappa shape index (κ1) is 50.5. The van der Waals surface area contributed by atoms with Gasteiger partial charge in [0.05, 0.1) is 29.3 Å². The molecule has 2 saturated carbocycles. The Labute approximate surface area is 429 Å². The summed E-state index contributed by atoms with van der Waals surface area (Å²) >= 11 is 6.41. The minimum absolute atomic E-state index is 0.00682. The zero-order chi connectivity index (χ0) is 51.4. The highest BCUT2D eigenvalue weighted by Gasteiger charge is 2.43. The summed E-state index contributed by atoms with van der Waals surface area (Å²) in [6, 6.07) is 15.6. The van der Waals surface area contributed by atoms with Gasteiger partial charge in [0.2, 0.25) is 17.8 Å². The number of halogens is 1. The van der Waals surface area contributed by atoms with E-state index < -0.39 is 17.6 Å². The molecule has 2 aliphatic carbocycles. The number of piperidine rings is 1. The Morgan fingerprint density at radius 1 is 0.904 bits per heavy atom. The highest BCUT2D eigenvalue weighted by Crippen LogP contribution is 2.38. The SMILES string of the molecule is CNC(=O)c1ccccc1Nc1nc(Nc2ccc(N3CCN(C(=O)NC[C@H]4CC[C@@H](N(C(=O)OC(C)(C)C)[C@H]5C[C@H](C#Cc6ccc7c(c6)CN(C6CCC(=O)NC6=O)C7=O)C5)CC4)CC3)nc2)ncc1Cl. The number of anilines is 5. The number of nitrogens with zero attached hydrogens (tertiary/aromatic N) is 7. The van der Waals surface area contributed by atoms with Crippen molar-refractivity contribution in [2.45, 2.75) is 102 Å². The molecule has 5 heterocycles. The van der Waals surface area contributed by atoms with E-state index in [4.69, 9.17) is 16.3 Å². The van der Waals surface area contributed by atoms with Gasteiger partial charge in [-0.25, -0.2) is 19.6 Å². The number of imide groups is 1. The monoisotopic (exact) mass is 1010 g/mol. The number of benzene rings is 2. The normalized spacial score (nSPS) is 21.7. The van der Waals surface area contributed by atoms with Crippen LogP contribution < -0.4 is 31.5 Å². The predicted molar refractivity (Wildman–Crippen MR) is 275 cm³/mol. The van der Waals surface area contributed by atoms with Gasteiger partial charge < -0.3 is 45.6 Å². The Hall–Kier alpha value is -7.46. The summed E-state index contributed by atoms with van der Waals surface area (Å²) in [5.74, 6) is 7.28. The van der Waals surface area contributed by atoms with E-state index in [2.05, 4.69) is 58.3 Å². The minimum Gasteiger partial charge on any atom is -0.444 e. The summed E-state index contributed by atoms with van der Waals surface area (Å²) in [5, 5.41) is 14.8. The molecule has 4 aromatic rings. The number of carbonyl (C=O) groups is 6. The quantitative estimate of drug-likeness (QED) is 0.0791. The summed E-state index contributed by atoms with van der Waals surface area (Å²) in [4.78, 5) is 97.8. The third-order valence-electron chi connectivity index (χ3n) is 14.1. The van der Waals surface area contributed by atoms with E-state index in [1.54, 1.807) is 37.5 Å². The maximum absolute atomic E-state index is 13.8. The van der Waals surface area contributed by atoms with Crippen molar-refractivity contribution in [1.29, 1.82) is 0 Å². The van der Waals surface area contributed by atoms with Gasteiger partial charge in [0.25, 0.3) is 11.8 Å². The maximum Gasteiger partial charge on any atom is 0.410 e. The van der Waals surface area contributed by atoms with Gasteiger partial charge in [0.15, 0.2) is 5.82 Å². The average molecular weight is 1010 g/mol. The number of fused-ring (bicyclic) bond motifs is 1. The molecule has 2 aromatic heterocycles. The van der Waals surface area contributed by atoms with Crippen LogP contribution >= 0.6 is 11.6 Å². The van der Waals surface area contributed by atoms with E-state index in [-0.39, 0.29) is 59.3 Å². The number of pyridine rings is 1. The first-order chi connectivity index (χ1) is 35.1. The van der Waals surface area contributed by atoms with Crippen molar-refractivity contribution in [3.8, 4) is 11.8 Å². The largest absolute Gasteiger partial charge is 0.444 e. The summed E-state index contributed by atoms with van der Waals surface area (Å²) in [6.07, 6.45) is 8.25. The summed E-state index contributed by atoms with van der Waals surface area (Å²) in [6.45, 7) is 8.86. The molecule has 0 radical (unpaired) electrons. The zero-order valence-electron chi connectivity index (χ0n) is 41.5. The molecule has 19 nitrogen and oxygen atoms in total. The van der Waals surface area contributed by atoms with Crippen LogP contribution in [0.25, 0.3) is 0 Å². The Kier molecular flexibility index (Phi) is 15.0. The van der Waals surface area contributed by atoms with E-state index in [1.165, 1.54) is 11.1 Å². The second kappa shape index (κ2) is 21.7. The third kappa shape index (κ3) is 11.9. The first-order valence-corrected chi connectivity index (χ1v) is 25.4. The molecule has 20 heteroatoms. The standard InChI is InChI=1S/C53H61ClN12O7/c1-53(2,3)73-52(72)66(38-26-34(27-38)10-9-32-13-17-39-35(25-32)31-65(49(39)70)43-18-20-45(67)61-48(43)69)37-15-11-33(12-16-37)28-58-51(71)64-23-21-63(22-24-64)44-19-14-36(29-56-44)59-50-57-30-41(54)46(62-50)60-42-8-6-5-7-40(42)47(68)55-4/h5-8,13-14,17,19,25,29-30,33-34,37-38,43H,11-12,15-16,18,20-24,26-28,31H2,1-4H3,(H,55,68)(H,58,71)(H,61,67,69)(H2,57,59,60,62)/t33-,34-,37+,38-,43?. The van der Waals surface area contributed by atoms with Crippen LogP contribution in [0.2, 0.25) is 5.02 Å². The van der Waals surface area contributed by atoms with E-state index in [0.717, 1.165) is 55.5 Å². The zero-order valence-corrected chi connectivity index (χ0v) is 42.3. The van der Waals surface area contributed by atoms with Gasteiger partial charge in [0, 0.05) is 81.9 Å². The molecule has 73 heavy (non-hydrogen) atoms. The van der Waals surface area contributed by atoms with Crippen LogP contribution in [0.15, 0.2) is 67.0 Å². The average Bonchev–Trinajstić information content (AvgIpc) is 3.69. The number of ether oxygens (including phenoxy) is 1. The molecular formula is C53H61ClN12O7. The molecule has 2 saturated heterocycles. The summed E-state index contributed by atoms with van der Waals surface area (Å²) in [5.41, 5.74) is 3.17. The molecule has 382 valence electrons. The Morgan fingerprint density at radius 3 is 2.38 bits per heavy atom. The fourth-order valence-corrected chi connectivity index (χ4v) is 10.3. The smallest absolute Gasteiger partial charge is 0.410 e. The van der Waals surface area contributed by atoms with Gasteiger partial charge in [-0.05, 0) is 120 Å². The number of nitrogens with one attached hydrogen (secondary N) is 5. The molecule has 4 fully saturated rings. The van der Waals surface area contributed by atoms with E-state index >= 15 is 0 Å². The third-order valence-corrected chi connectivity index (χ3v) is 14.4. The van der Waals surface area contributed by atoms with Crippen molar-refractivity contribution in [3.05, 3.63) is 94.3 Å². The van der Waals surface area contributed by atoms with Crippen LogP contribution in [0.3, 0.4) is 0 Å². The molecule has 0 bridgehead atoms. The number of carbonyl (C=O) groups excluding carboxylic acids is 6.